The summed E-state index contributed by atoms with van der Waals surface area (Å²) in [5.41, 5.74) is 0. The van der Waals surface area contributed by atoms with Crippen LogP contribution >= 0.6 is 0 Å². The van der Waals surface area contributed by atoms with Gasteiger partial charge in [0.1, 0.15) is 6.10 Å². The van der Waals surface area contributed by atoms with Crippen LogP contribution in [0, 0.1) is 5.82 Å². The van der Waals surface area contributed by atoms with Crippen LogP contribution in [0.4, 0.5) is 4.39 Å². The number of furan rings is 1. The van der Waals surface area contributed by atoms with Crippen LogP contribution < -0.4 is 4.74 Å². The number of hydrogen-bond acceptors (Lipinski definition) is 7. The first-order valence-electron chi connectivity index (χ1n) is 8.14. The van der Waals surface area contributed by atoms with Gasteiger partial charge in [0.2, 0.25) is 5.89 Å². The maximum absolute atomic E-state index is 13.6. The van der Waals surface area contributed by atoms with E-state index in [0.29, 0.717) is 24.1 Å². The van der Waals surface area contributed by atoms with E-state index in [-0.39, 0.29) is 12.0 Å². The Morgan fingerprint density at radius 3 is 2.84 bits per heavy atom. The van der Waals surface area contributed by atoms with E-state index in [2.05, 4.69) is 20.1 Å². The first-order valence-corrected chi connectivity index (χ1v) is 8.14. The molecule has 1 fully saturated rings. The molecule has 0 unspecified atom stereocenters. The Balaban J connectivity index is 1.30. The number of pyridine rings is 1. The fraction of sp³-hybridized carbons (Fsp3) is 0.353. The van der Waals surface area contributed by atoms with Crippen LogP contribution in [-0.4, -0.2) is 39.3 Å². The van der Waals surface area contributed by atoms with Gasteiger partial charge in [0.05, 0.1) is 12.8 Å². The lowest BCUT2D eigenvalue weighted by Crippen LogP contribution is -2.38. The number of aromatic nitrogens is 3. The maximum atomic E-state index is 13.6. The number of likely N-dealkylation sites (tertiary alicyclic amines) is 1. The Hall–Kier alpha value is -2.74. The van der Waals surface area contributed by atoms with Crippen molar-refractivity contribution in [2.75, 3.05) is 13.1 Å². The van der Waals surface area contributed by atoms with Gasteiger partial charge in [-0.3, -0.25) is 4.90 Å². The molecule has 0 saturated carbocycles. The van der Waals surface area contributed by atoms with E-state index in [0.717, 1.165) is 25.9 Å². The van der Waals surface area contributed by atoms with Gasteiger partial charge < -0.3 is 13.6 Å². The molecule has 1 saturated heterocycles. The molecule has 0 spiro atoms. The molecule has 4 rings (SSSR count). The summed E-state index contributed by atoms with van der Waals surface area (Å²) in [6.45, 7) is 2.17. The molecule has 25 heavy (non-hydrogen) atoms. The highest BCUT2D eigenvalue weighted by Crippen LogP contribution is 2.22. The molecule has 0 aromatic carbocycles. The molecule has 1 aliphatic heterocycles. The van der Waals surface area contributed by atoms with Gasteiger partial charge in [-0.15, -0.1) is 10.2 Å². The van der Waals surface area contributed by atoms with Crippen molar-refractivity contribution in [2.24, 2.45) is 0 Å². The van der Waals surface area contributed by atoms with Gasteiger partial charge in [0.25, 0.3) is 11.8 Å². The Kier molecular flexibility index (Phi) is 4.43. The third-order valence-electron chi connectivity index (χ3n) is 4.10. The minimum atomic E-state index is -0.429. The Morgan fingerprint density at radius 1 is 1.20 bits per heavy atom. The van der Waals surface area contributed by atoms with E-state index in [1.54, 1.807) is 24.5 Å². The van der Waals surface area contributed by atoms with E-state index < -0.39 is 5.82 Å². The summed E-state index contributed by atoms with van der Waals surface area (Å²) in [5, 5.41) is 8.05. The highest BCUT2D eigenvalue weighted by atomic mass is 19.1. The Morgan fingerprint density at radius 2 is 2.08 bits per heavy atom. The van der Waals surface area contributed by atoms with E-state index in [9.17, 15) is 4.39 Å². The molecule has 8 heteroatoms. The second kappa shape index (κ2) is 7.02. The Labute approximate surface area is 143 Å². The van der Waals surface area contributed by atoms with Gasteiger partial charge in [-0.05, 0) is 37.1 Å². The van der Waals surface area contributed by atoms with E-state index in [1.165, 1.54) is 12.3 Å². The van der Waals surface area contributed by atoms with Gasteiger partial charge in [-0.1, -0.05) is 0 Å². The number of ether oxygens (including phenoxy) is 1. The molecule has 4 heterocycles. The summed E-state index contributed by atoms with van der Waals surface area (Å²) in [4.78, 5) is 6.14. The predicted octanol–water partition coefficient (Wildman–Crippen LogP) is 2.91. The smallest absolute Gasteiger partial charge is 0.283 e. The largest absolute Gasteiger partial charge is 0.472 e. The summed E-state index contributed by atoms with van der Waals surface area (Å²) >= 11 is 0. The normalized spacial score (nSPS) is 16.2. The zero-order chi connectivity index (χ0) is 17.1. The van der Waals surface area contributed by atoms with Crippen molar-refractivity contribution in [1.82, 2.24) is 20.1 Å². The minimum Gasteiger partial charge on any atom is -0.472 e. The number of piperidine rings is 1. The number of hydrogen-bond donors (Lipinski definition) is 0. The van der Waals surface area contributed by atoms with Crippen molar-refractivity contribution in [2.45, 2.75) is 25.5 Å². The molecule has 0 atom stereocenters. The monoisotopic (exact) mass is 344 g/mol. The van der Waals surface area contributed by atoms with Gasteiger partial charge in [0, 0.05) is 19.3 Å². The molecule has 0 aliphatic carbocycles. The molecule has 1 aliphatic rings. The summed E-state index contributed by atoms with van der Waals surface area (Å²) in [7, 11) is 0. The van der Waals surface area contributed by atoms with Gasteiger partial charge in [-0.25, -0.2) is 9.37 Å². The number of halogens is 1. The van der Waals surface area contributed by atoms with Crippen molar-refractivity contribution in [3.05, 3.63) is 48.4 Å². The summed E-state index contributed by atoms with van der Waals surface area (Å²) in [6.07, 6.45) is 4.63. The van der Waals surface area contributed by atoms with Crippen LogP contribution in [0.1, 0.15) is 18.7 Å². The van der Waals surface area contributed by atoms with Crippen LogP contribution in [-0.2, 0) is 6.54 Å². The fourth-order valence-corrected chi connectivity index (χ4v) is 2.81. The van der Waals surface area contributed by atoms with Gasteiger partial charge in [-0.2, -0.15) is 0 Å². The molecular weight excluding hydrogens is 327 g/mol. The Bertz CT molecular complexity index is 813. The van der Waals surface area contributed by atoms with E-state index >= 15 is 0 Å². The van der Waals surface area contributed by atoms with Crippen LogP contribution in [0.3, 0.4) is 0 Å². The van der Waals surface area contributed by atoms with Crippen molar-refractivity contribution in [3.63, 3.8) is 0 Å². The zero-order valence-corrected chi connectivity index (χ0v) is 13.5. The molecule has 0 radical (unpaired) electrons. The first-order chi connectivity index (χ1) is 12.3. The van der Waals surface area contributed by atoms with Crippen molar-refractivity contribution in [3.8, 4) is 17.5 Å². The summed E-state index contributed by atoms with van der Waals surface area (Å²) < 4.78 is 30.1. The van der Waals surface area contributed by atoms with E-state index in [4.69, 9.17) is 13.6 Å². The molecule has 3 aromatic rings. The fourth-order valence-electron chi connectivity index (χ4n) is 2.81. The average Bonchev–Trinajstić information content (AvgIpc) is 3.30. The summed E-state index contributed by atoms with van der Waals surface area (Å²) in [6, 6.07) is 6.45. The average molecular weight is 344 g/mol. The lowest BCUT2D eigenvalue weighted by molar-refractivity contribution is 0.0852. The number of nitrogens with zero attached hydrogens (tertiary/aromatic N) is 4. The third-order valence-corrected chi connectivity index (χ3v) is 4.10. The quantitative estimate of drug-likeness (QED) is 0.704. The van der Waals surface area contributed by atoms with Crippen molar-refractivity contribution >= 4 is 0 Å². The van der Waals surface area contributed by atoms with Crippen molar-refractivity contribution in [1.29, 1.82) is 0 Å². The lowest BCUT2D eigenvalue weighted by Gasteiger charge is -2.30. The molecule has 0 amide bonds. The first kappa shape index (κ1) is 15.8. The van der Waals surface area contributed by atoms with Crippen molar-refractivity contribution < 1.29 is 18.0 Å². The maximum Gasteiger partial charge on any atom is 0.283 e. The SMILES string of the molecule is Fc1cccnc1OC1CCN(Cc2nnc(-c3ccco3)o2)CC1. The second-order valence-corrected chi connectivity index (χ2v) is 5.86. The predicted molar refractivity (Wildman–Crippen MR) is 85.1 cm³/mol. The van der Waals surface area contributed by atoms with Crippen LogP contribution in [0.25, 0.3) is 11.7 Å². The minimum absolute atomic E-state index is 0.0398. The molecular formula is C17H17FN4O3. The molecule has 7 nitrogen and oxygen atoms in total. The highest BCUT2D eigenvalue weighted by molar-refractivity contribution is 5.42. The summed E-state index contributed by atoms with van der Waals surface area (Å²) in [5.74, 6) is 1.12. The standard InChI is InChI=1S/C17H17FN4O3/c18-13-3-1-7-19-16(13)24-12-5-8-22(9-6-12)11-15-20-21-17(25-15)14-4-2-10-23-14/h1-4,7,10,12H,5-6,8-9,11H2. The third kappa shape index (κ3) is 3.69. The molecule has 0 bridgehead atoms. The van der Waals surface area contributed by atoms with E-state index in [1.807, 2.05) is 0 Å². The van der Waals surface area contributed by atoms with Crippen LogP contribution in [0.15, 0.2) is 45.6 Å². The van der Waals surface area contributed by atoms with Gasteiger partial charge >= 0.3 is 0 Å². The van der Waals surface area contributed by atoms with Crippen LogP contribution in [0.2, 0.25) is 0 Å². The molecule has 3 aromatic heterocycles. The van der Waals surface area contributed by atoms with Gasteiger partial charge in [0.15, 0.2) is 11.6 Å². The number of rotatable bonds is 5. The lowest BCUT2D eigenvalue weighted by atomic mass is 10.1. The topological polar surface area (TPSA) is 77.4 Å². The molecule has 0 N–H and O–H groups in total. The highest BCUT2D eigenvalue weighted by Gasteiger charge is 2.23. The second-order valence-electron chi connectivity index (χ2n) is 5.86. The zero-order valence-electron chi connectivity index (χ0n) is 13.5. The molecule has 130 valence electrons. The van der Waals surface area contributed by atoms with Crippen LogP contribution in [0.5, 0.6) is 5.88 Å².